The highest BCUT2D eigenvalue weighted by Crippen LogP contribution is 2.36. The van der Waals surface area contributed by atoms with Gasteiger partial charge in [-0.25, -0.2) is 4.79 Å². The summed E-state index contributed by atoms with van der Waals surface area (Å²) in [6, 6.07) is 5.23. The number of nitrogens with zero attached hydrogens (tertiary/aromatic N) is 3. The first kappa shape index (κ1) is 25.6. The van der Waals surface area contributed by atoms with Crippen LogP contribution in [-0.2, 0) is 9.59 Å². The Morgan fingerprint density at radius 1 is 1.09 bits per heavy atom. The molecule has 192 valence electrons. The second-order valence-electron chi connectivity index (χ2n) is 9.44. The highest BCUT2D eigenvalue weighted by atomic mass is 32.2. The molecule has 0 bridgehead atoms. The molecule has 3 saturated heterocycles. The van der Waals surface area contributed by atoms with Gasteiger partial charge in [-0.15, -0.1) is 11.8 Å². The molecule has 11 heteroatoms. The molecule has 4 unspecified atom stereocenters. The zero-order valence-electron chi connectivity index (χ0n) is 20.9. The average Bonchev–Trinajstić information content (AvgIpc) is 2.88. The van der Waals surface area contributed by atoms with Crippen molar-refractivity contribution in [3.05, 3.63) is 23.8 Å². The number of ether oxygens (including phenoxy) is 2. The van der Waals surface area contributed by atoms with Crippen LogP contribution >= 0.6 is 11.8 Å². The summed E-state index contributed by atoms with van der Waals surface area (Å²) in [6.07, 6.45) is 1.15. The Bertz CT molecular complexity index is 970. The number of thioether (sulfide) groups is 1. The number of nitrogens with one attached hydrogen (secondary N) is 2. The fourth-order valence-electron chi connectivity index (χ4n) is 4.93. The molecule has 3 fully saturated rings. The second kappa shape index (κ2) is 10.6. The maximum absolute atomic E-state index is 13.2. The number of imide groups is 1. The van der Waals surface area contributed by atoms with Crippen LogP contribution in [0.2, 0.25) is 0 Å². The molecule has 3 heterocycles. The quantitative estimate of drug-likeness (QED) is 0.602. The number of carbonyl (C=O) groups excluding carboxylic acids is 3. The zero-order chi connectivity index (χ0) is 25.3. The fraction of sp³-hybridized carbons (Fsp3) is 0.625. The van der Waals surface area contributed by atoms with Crippen molar-refractivity contribution in [1.82, 2.24) is 25.3 Å². The van der Waals surface area contributed by atoms with Crippen molar-refractivity contribution in [2.45, 2.75) is 37.5 Å². The summed E-state index contributed by atoms with van der Waals surface area (Å²) in [5.41, 5.74) is 0.871. The van der Waals surface area contributed by atoms with Gasteiger partial charge in [-0.1, -0.05) is 13.0 Å². The Balaban J connectivity index is 1.56. The van der Waals surface area contributed by atoms with E-state index >= 15 is 0 Å². The van der Waals surface area contributed by atoms with Gasteiger partial charge < -0.3 is 19.3 Å². The van der Waals surface area contributed by atoms with Crippen molar-refractivity contribution < 1.29 is 23.9 Å². The molecule has 4 atom stereocenters. The van der Waals surface area contributed by atoms with Gasteiger partial charge in [-0.3, -0.25) is 25.1 Å². The lowest BCUT2D eigenvalue weighted by molar-refractivity contribution is -0.140. The van der Waals surface area contributed by atoms with Crippen LogP contribution < -0.4 is 20.1 Å². The fourth-order valence-corrected chi connectivity index (χ4v) is 6.14. The van der Waals surface area contributed by atoms with Crippen molar-refractivity contribution in [2.75, 3.05) is 47.2 Å². The number of likely N-dealkylation sites (tertiary alicyclic amines) is 1. The molecule has 10 nitrogen and oxygen atoms in total. The lowest BCUT2D eigenvalue weighted by atomic mass is 9.96. The van der Waals surface area contributed by atoms with E-state index in [1.165, 1.54) is 18.8 Å². The third kappa shape index (κ3) is 5.07. The van der Waals surface area contributed by atoms with E-state index in [9.17, 15) is 14.4 Å². The van der Waals surface area contributed by atoms with Crippen molar-refractivity contribution in [3.63, 3.8) is 0 Å². The normalized spacial score (nSPS) is 27.6. The van der Waals surface area contributed by atoms with Crippen LogP contribution in [0.5, 0.6) is 11.5 Å². The van der Waals surface area contributed by atoms with E-state index in [1.54, 1.807) is 26.2 Å². The average molecular weight is 506 g/mol. The molecule has 4 amide bonds. The van der Waals surface area contributed by atoms with Gasteiger partial charge in [-0.2, -0.15) is 0 Å². The Hall–Kier alpha value is -2.50. The lowest BCUT2D eigenvalue weighted by Gasteiger charge is -2.50. The first-order chi connectivity index (χ1) is 16.7. The molecule has 0 saturated carbocycles. The minimum Gasteiger partial charge on any atom is -0.493 e. The Morgan fingerprint density at radius 3 is 2.43 bits per heavy atom. The summed E-state index contributed by atoms with van der Waals surface area (Å²) in [6.45, 7) is 3.77. The summed E-state index contributed by atoms with van der Waals surface area (Å²) >= 11 is 1.43. The van der Waals surface area contributed by atoms with E-state index in [1.807, 2.05) is 23.1 Å². The predicted molar refractivity (Wildman–Crippen MR) is 133 cm³/mol. The van der Waals surface area contributed by atoms with Crippen molar-refractivity contribution >= 4 is 29.6 Å². The van der Waals surface area contributed by atoms with Gasteiger partial charge >= 0.3 is 6.03 Å². The summed E-state index contributed by atoms with van der Waals surface area (Å²) in [5.74, 6) is 1.38. The van der Waals surface area contributed by atoms with Crippen molar-refractivity contribution in [3.8, 4) is 11.5 Å². The number of benzene rings is 1. The third-order valence-electron chi connectivity index (χ3n) is 7.22. The number of amides is 4. The van der Waals surface area contributed by atoms with Crippen LogP contribution in [0.1, 0.15) is 31.5 Å². The predicted octanol–water partition coefficient (Wildman–Crippen LogP) is 1.68. The van der Waals surface area contributed by atoms with Gasteiger partial charge in [0.1, 0.15) is 0 Å². The Morgan fingerprint density at radius 2 is 1.77 bits per heavy atom. The molecule has 0 aliphatic carbocycles. The largest absolute Gasteiger partial charge is 0.493 e. The van der Waals surface area contributed by atoms with Gasteiger partial charge in [0.05, 0.1) is 43.6 Å². The number of urea groups is 1. The summed E-state index contributed by atoms with van der Waals surface area (Å²) in [5, 5.41) is 6.55. The summed E-state index contributed by atoms with van der Waals surface area (Å²) in [4.78, 5) is 43.5. The number of piperidine rings is 1. The van der Waals surface area contributed by atoms with Crippen LogP contribution in [0.15, 0.2) is 18.2 Å². The zero-order valence-corrected chi connectivity index (χ0v) is 21.8. The molecular weight excluding hydrogens is 470 g/mol. The highest BCUT2D eigenvalue weighted by molar-refractivity contribution is 8.00. The number of rotatable bonds is 6. The SMILES string of the molecule is COc1ccc(C2NC(SCC(=O)N3CCC(C)CC3)C3C(=O)N(C)C(=O)N(C)C3N2)cc1OC. The molecule has 0 aromatic heterocycles. The van der Waals surface area contributed by atoms with Gasteiger partial charge in [-0.05, 0) is 36.5 Å². The molecule has 1 aromatic rings. The monoisotopic (exact) mass is 505 g/mol. The van der Waals surface area contributed by atoms with Gasteiger partial charge in [0, 0.05) is 27.2 Å². The number of fused-ring (bicyclic) bond motifs is 1. The smallest absolute Gasteiger partial charge is 0.327 e. The lowest BCUT2D eigenvalue weighted by Crippen LogP contribution is -2.72. The summed E-state index contributed by atoms with van der Waals surface area (Å²) < 4.78 is 10.8. The Kier molecular flexibility index (Phi) is 7.77. The van der Waals surface area contributed by atoms with Gasteiger partial charge in [0.15, 0.2) is 11.5 Å². The maximum Gasteiger partial charge on any atom is 0.327 e. The van der Waals surface area contributed by atoms with E-state index in [-0.39, 0.29) is 35.1 Å². The van der Waals surface area contributed by atoms with E-state index in [0.29, 0.717) is 17.4 Å². The summed E-state index contributed by atoms with van der Waals surface area (Å²) in [7, 11) is 6.35. The first-order valence-electron chi connectivity index (χ1n) is 11.9. The number of hydrogen-bond acceptors (Lipinski definition) is 8. The number of carbonyl (C=O) groups is 3. The molecule has 4 rings (SSSR count). The minimum absolute atomic E-state index is 0.0856. The molecule has 2 N–H and O–H groups in total. The molecule has 0 spiro atoms. The highest BCUT2D eigenvalue weighted by Gasteiger charge is 2.51. The maximum atomic E-state index is 13.2. The van der Waals surface area contributed by atoms with Crippen LogP contribution in [0.4, 0.5) is 4.79 Å². The molecular formula is C24H35N5O5S. The molecule has 0 radical (unpaired) electrons. The van der Waals surface area contributed by atoms with Crippen molar-refractivity contribution in [1.29, 1.82) is 0 Å². The molecule has 1 aromatic carbocycles. The standard InChI is InChI=1S/C24H35N5O5S/c1-14-8-10-29(11-9-14)18(30)13-35-22-19-21(27(2)24(32)28(3)23(19)31)25-20(26-22)15-6-7-16(33-4)17(12-15)34-5/h6-7,12,14,19-22,25-26H,8-11,13H2,1-5H3. The number of methoxy groups -OCH3 is 2. The van der Waals surface area contributed by atoms with E-state index < -0.39 is 12.1 Å². The van der Waals surface area contributed by atoms with E-state index in [2.05, 4.69) is 17.6 Å². The van der Waals surface area contributed by atoms with Crippen LogP contribution in [0.3, 0.4) is 0 Å². The first-order valence-corrected chi connectivity index (χ1v) is 13.0. The van der Waals surface area contributed by atoms with Crippen LogP contribution in [0.25, 0.3) is 0 Å². The number of hydrogen-bond donors (Lipinski definition) is 2. The van der Waals surface area contributed by atoms with Crippen molar-refractivity contribution in [2.24, 2.45) is 11.8 Å². The topological polar surface area (TPSA) is 103 Å². The molecule has 3 aliphatic heterocycles. The van der Waals surface area contributed by atoms with Crippen LogP contribution in [-0.4, -0.2) is 91.2 Å². The van der Waals surface area contributed by atoms with E-state index in [0.717, 1.165) is 36.4 Å². The second-order valence-corrected chi connectivity index (χ2v) is 10.6. The molecule has 35 heavy (non-hydrogen) atoms. The Labute approximate surface area is 210 Å². The minimum atomic E-state index is -0.543. The third-order valence-corrected chi connectivity index (χ3v) is 8.42. The molecule has 3 aliphatic rings. The van der Waals surface area contributed by atoms with Crippen LogP contribution in [0, 0.1) is 11.8 Å². The van der Waals surface area contributed by atoms with Gasteiger partial charge in [0.2, 0.25) is 11.8 Å². The van der Waals surface area contributed by atoms with Gasteiger partial charge in [0.25, 0.3) is 0 Å². The van der Waals surface area contributed by atoms with E-state index in [4.69, 9.17) is 9.47 Å².